The van der Waals surface area contributed by atoms with Gasteiger partial charge in [-0.1, -0.05) is 38.3 Å². The molecule has 1 aromatic carbocycles. The highest BCUT2D eigenvalue weighted by molar-refractivity contribution is 7.87. The second-order valence-corrected chi connectivity index (χ2v) is 17.3. The van der Waals surface area contributed by atoms with Gasteiger partial charge in [0.2, 0.25) is 11.8 Å². The summed E-state index contributed by atoms with van der Waals surface area (Å²) in [5.74, 6) is -1.72. The van der Waals surface area contributed by atoms with Gasteiger partial charge in [-0.15, -0.1) is 0 Å². The molecule has 3 heterocycles. The Labute approximate surface area is 317 Å². The minimum absolute atomic E-state index is 0.0449. The molecule has 54 heavy (non-hydrogen) atoms. The fraction of sp³-hybridized carbons (Fsp3) is 0.622. The molecule has 2 aliphatic heterocycles. The number of amides is 4. The molecule has 5 rings (SSSR count). The molecule has 0 unspecified atom stereocenters. The first-order valence-corrected chi connectivity index (χ1v) is 20.1. The number of carbonyl (C=O) groups excluding carboxylic acids is 4. The number of aromatic nitrogens is 3. The van der Waals surface area contributed by atoms with Gasteiger partial charge in [0.05, 0.1) is 18.8 Å². The molecule has 296 valence electrons. The quantitative estimate of drug-likeness (QED) is 0.319. The third kappa shape index (κ3) is 9.40. The van der Waals surface area contributed by atoms with Crippen molar-refractivity contribution in [1.29, 1.82) is 0 Å². The summed E-state index contributed by atoms with van der Waals surface area (Å²) in [6.45, 7) is 7.28. The maximum atomic E-state index is 14.6. The van der Waals surface area contributed by atoms with E-state index in [1.165, 1.54) is 19.0 Å². The number of methoxy groups -OCH3 is 1. The number of fused-ring (bicyclic) bond motifs is 2. The molecule has 1 aromatic heterocycles. The molecule has 1 saturated heterocycles. The minimum atomic E-state index is -4.16. The molecular formula is C37H54N8O8S. The van der Waals surface area contributed by atoms with Gasteiger partial charge in [-0.05, 0) is 77.1 Å². The fourth-order valence-corrected chi connectivity index (χ4v) is 7.51. The first-order valence-electron chi connectivity index (χ1n) is 18.6. The second-order valence-electron chi connectivity index (χ2n) is 15.4. The first-order chi connectivity index (χ1) is 25.5. The molecule has 0 bridgehead atoms. The number of alkyl carbamates (subject to hydrolysis) is 1. The van der Waals surface area contributed by atoms with Crippen molar-refractivity contribution in [1.82, 2.24) is 39.6 Å². The maximum absolute atomic E-state index is 14.6. The highest BCUT2D eigenvalue weighted by Crippen LogP contribution is 2.46. The van der Waals surface area contributed by atoms with Crippen LogP contribution in [-0.2, 0) is 35.8 Å². The number of nitrogens with one attached hydrogen (secondary N) is 3. The van der Waals surface area contributed by atoms with Gasteiger partial charge in [-0.25, -0.2) is 9.52 Å². The molecule has 2 fully saturated rings. The summed E-state index contributed by atoms with van der Waals surface area (Å²) in [7, 11) is 0.0250. The van der Waals surface area contributed by atoms with Crippen molar-refractivity contribution in [3.63, 3.8) is 0 Å². The minimum Gasteiger partial charge on any atom is -0.497 e. The van der Waals surface area contributed by atoms with Crippen molar-refractivity contribution in [2.24, 2.45) is 5.92 Å². The van der Waals surface area contributed by atoms with Crippen LogP contribution in [0.2, 0.25) is 0 Å². The van der Waals surface area contributed by atoms with E-state index in [1.54, 1.807) is 32.7 Å². The van der Waals surface area contributed by atoms with Crippen LogP contribution in [0.5, 0.6) is 5.75 Å². The number of benzene rings is 1. The number of allylic oxidation sites excluding steroid dienone is 1. The van der Waals surface area contributed by atoms with Crippen molar-refractivity contribution in [2.45, 2.75) is 115 Å². The van der Waals surface area contributed by atoms with E-state index in [-0.39, 0.29) is 19.4 Å². The summed E-state index contributed by atoms with van der Waals surface area (Å²) in [5.41, 5.74) is -0.0772. The molecule has 1 aliphatic carbocycles. The molecule has 0 radical (unpaired) electrons. The van der Waals surface area contributed by atoms with E-state index in [2.05, 4.69) is 15.4 Å². The third-order valence-corrected chi connectivity index (χ3v) is 11.3. The molecule has 3 N–H and O–H groups in total. The molecule has 2 aromatic rings. The summed E-state index contributed by atoms with van der Waals surface area (Å²) < 4.78 is 39.3. The normalized spacial score (nSPS) is 25.7. The molecule has 16 nitrogen and oxygen atoms in total. The zero-order valence-electron chi connectivity index (χ0n) is 32.3. The lowest BCUT2D eigenvalue weighted by molar-refractivity contribution is -0.141. The largest absolute Gasteiger partial charge is 0.497 e. The summed E-state index contributed by atoms with van der Waals surface area (Å²) in [6.07, 6.45) is 7.94. The second kappa shape index (κ2) is 16.5. The van der Waals surface area contributed by atoms with Crippen molar-refractivity contribution < 1.29 is 37.1 Å². The Balaban J connectivity index is 1.52. The Bertz CT molecular complexity index is 1840. The lowest BCUT2D eigenvalue weighted by Crippen LogP contribution is -2.58. The van der Waals surface area contributed by atoms with Gasteiger partial charge >= 0.3 is 16.3 Å². The highest BCUT2D eigenvalue weighted by Gasteiger charge is 2.61. The van der Waals surface area contributed by atoms with Crippen molar-refractivity contribution >= 4 is 34.0 Å². The average molecular weight is 771 g/mol. The van der Waals surface area contributed by atoms with E-state index in [9.17, 15) is 27.6 Å². The molecule has 4 amide bonds. The predicted molar refractivity (Wildman–Crippen MR) is 200 cm³/mol. The van der Waals surface area contributed by atoms with E-state index in [1.807, 2.05) is 43.3 Å². The Kier molecular flexibility index (Phi) is 12.4. The zero-order chi connectivity index (χ0) is 39.4. The number of rotatable bonds is 9. The van der Waals surface area contributed by atoms with Gasteiger partial charge < -0.3 is 25.0 Å². The lowest BCUT2D eigenvalue weighted by atomic mass is 10.0. The van der Waals surface area contributed by atoms with Crippen LogP contribution in [0.25, 0.3) is 11.3 Å². The van der Waals surface area contributed by atoms with Gasteiger partial charge in [-0.3, -0.25) is 14.4 Å². The number of ether oxygens (including phenoxy) is 2. The number of hydrogen-bond donors (Lipinski definition) is 3. The SMILES string of the molecule is CCCc1nn([C@@H]2C[C@H]3C(=O)N[C@]4(C(=O)NS(=O)(=O)N(C)C)C[C@H]4/C=C/CCCCC[C@@H](NC(=O)OC(C)(C)C)C(=O)N3C2)nc1-c1ccc(OC)cc1. The Morgan fingerprint density at radius 3 is 2.46 bits per heavy atom. The average Bonchev–Trinajstić information content (AvgIpc) is 3.40. The summed E-state index contributed by atoms with van der Waals surface area (Å²) >= 11 is 0. The monoisotopic (exact) mass is 770 g/mol. The van der Waals surface area contributed by atoms with Gasteiger partial charge in [0.15, 0.2) is 0 Å². The fourth-order valence-electron chi connectivity index (χ4n) is 6.91. The van der Waals surface area contributed by atoms with E-state index in [0.717, 1.165) is 34.8 Å². The van der Waals surface area contributed by atoms with E-state index in [0.29, 0.717) is 37.1 Å². The van der Waals surface area contributed by atoms with Crippen LogP contribution >= 0.6 is 0 Å². The number of hydrogen-bond acceptors (Lipinski definition) is 10. The first kappa shape index (κ1) is 40.7. The van der Waals surface area contributed by atoms with Crippen LogP contribution in [0, 0.1) is 5.92 Å². The number of carbonyl (C=O) groups is 4. The standard InChI is InChI=1S/C37H54N8O8S/c1-8-14-28-31(24-17-19-27(52-7)20-18-24)41-45(40-28)26-21-30-32(46)39-37(34(48)42-54(50,51)43(5)6)22-25(37)15-12-10-9-11-13-16-29(33(47)44(30)23-26)38-35(49)53-36(2,3)4/h12,15,17-20,25-26,29-30H,8-11,13-14,16,21-23H2,1-7H3,(H,38,49)(H,39,46)(H,42,48)/b15-12+/t25-,26-,29-,30+,37-/m1/s1. The van der Waals surface area contributed by atoms with E-state index >= 15 is 0 Å². The van der Waals surface area contributed by atoms with Crippen molar-refractivity contribution in [2.75, 3.05) is 27.7 Å². The topological polar surface area (TPSA) is 194 Å². The molecule has 0 spiro atoms. The van der Waals surface area contributed by atoms with Gasteiger partial charge in [-0.2, -0.15) is 27.7 Å². The summed E-state index contributed by atoms with van der Waals surface area (Å²) in [6, 6.07) is 4.85. The van der Waals surface area contributed by atoms with Crippen LogP contribution < -0.4 is 20.1 Å². The molecule has 17 heteroatoms. The predicted octanol–water partition coefficient (Wildman–Crippen LogP) is 3.26. The smallest absolute Gasteiger partial charge is 0.408 e. The van der Waals surface area contributed by atoms with E-state index in [4.69, 9.17) is 19.7 Å². The highest BCUT2D eigenvalue weighted by atomic mass is 32.2. The van der Waals surface area contributed by atoms with Gasteiger partial charge in [0, 0.05) is 38.5 Å². The summed E-state index contributed by atoms with van der Waals surface area (Å²) in [5, 5.41) is 15.4. The maximum Gasteiger partial charge on any atom is 0.408 e. The van der Waals surface area contributed by atoms with Crippen LogP contribution in [0.15, 0.2) is 36.4 Å². The van der Waals surface area contributed by atoms with Crippen LogP contribution in [0.3, 0.4) is 0 Å². The van der Waals surface area contributed by atoms with Crippen LogP contribution in [0.4, 0.5) is 4.79 Å². The van der Waals surface area contributed by atoms with Crippen LogP contribution in [0.1, 0.15) is 90.8 Å². The Morgan fingerprint density at radius 2 is 1.81 bits per heavy atom. The van der Waals surface area contributed by atoms with Crippen molar-refractivity contribution in [3.05, 3.63) is 42.1 Å². The van der Waals surface area contributed by atoms with Crippen molar-refractivity contribution in [3.8, 4) is 17.0 Å². The van der Waals surface area contributed by atoms with Gasteiger partial charge in [0.1, 0.15) is 34.7 Å². The third-order valence-electron chi connectivity index (χ3n) is 9.93. The summed E-state index contributed by atoms with van der Waals surface area (Å²) in [4.78, 5) is 58.7. The molecule has 1 saturated carbocycles. The van der Waals surface area contributed by atoms with Gasteiger partial charge in [0.25, 0.3) is 5.91 Å². The lowest BCUT2D eigenvalue weighted by Gasteiger charge is -2.30. The number of aryl methyl sites for hydroxylation is 1. The Hall–Kier alpha value is -4.51. The Morgan fingerprint density at radius 1 is 1.09 bits per heavy atom. The molecule has 5 atom stereocenters. The number of nitrogens with zero attached hydrogens (tertiary/aromatic N) is 5. The molecule has 3 aliphatic rings. The molecular weight excluding hydrogens is 717 g/mol. The zero-order valence-corrected chi connectivity index (χ0v) is 33.1. The van der Waals surface area contributed by atoms with Crippen LogP contribution in [-0.4, -0.2) is 107 Å². The van der Waals surface area contributed by atoms with E-state index < -0.39 is 69.2 Å².